The first kappa shape index (κ1) is 29.8. The molecule has 222 valence electrons. The van der Waals surface area contributed by atoms with Gasteiger partial charge in [0.1, 0.15) is 16.5 Å². The highest BCUT2D eigenvalue weighted by atomic mass is 35.5. The van der Waals surface area contributed by atoms with Crippen LogP contribution in [0.4, 0.5) is 5.69 Å². The molecule has 4 aromatic rings. The lowest BCUT2D eigenvalue weighted by Gasteiger charge is -2.25. The van der Waals surface area contributed by atoms with E-state index in [4.69, 9.17) is 30.2 Å². The van der Waals surface area contributed by atoms with Crippen molar-refractivity contribution >= 4 is 40.7 Å². The van der Waals surface area contributed by atoms with Gasteiger partial charge in [-0.3, -0.25) is 19.5 Å². The summed E-state index contributed by atoms with van der Waals surface area (Å²) in [5, 5.41) is 11.3. The molecule has 3 heterocycles. The lowest BCUT2D eigenvalue weighted by molar-refractivity contribution is -0.384. The highest BCUT2D eigenvalue weighted by Gasteiger charge is 2.34. The largest absolute Gasteiger partial charge is 0.493 e. The molecular weight excluding hydrogens is 598 g/mol. The van der Waals surface area contributed by atoms with Crippen LogP contribution in [0.1, 0.15) is 38.1 Å². The Labute approximate surface area is 254 Å². The van der Waals surface area contributed by atoms with Crippen LogP contribution in [-0.4, -0.2) is 35.8 Å². The first-order valence-corrected chi connectivity index (χ1v) is 14.4. The van der Waals surface area contributed by atoms with E-state index >= 15 is 0 Å². The van der Waals surface area contributed by atoms with Gasteiger partial charge in [-0.1, -0.05) is 29.0 Å². The Hall–Kier alpha value is -4.68. The molecule has 43 heavy (non-hydrogen) atoms. The molecule has 13 heteroatoms. The Morgan fingerprint density at radius 3 is 2.65 bits per heavy atom. The molecule has 0 radical (unpaired) electrons. The first-order chi connectivity index (χ1) is 20.7. The fourth-order valence-electron chi connectivity index (χ4n) is 4.76. The molecule has 0 unspecified atom stereocenters. The minimum atomic E-state index is -0.843. The second kappa shape index (κ2) is 12.3. The van der Waals surface area contributed by atoms with Gasteiger partial charge in [-0.05, 0) is 62.7 Å². The minimum Gasteiger partial charge on any atom is -0.493 e. The smallest absolute Gasteiger partial charge is 0.338 e. The number of methoxy groups -OCH3 is 1. The number of halogens is 1. The summed E-state index contributed by atoms with van der Waals surface area (Å²) in [6, 6.07) is 12.0. The van der Waals surface area contributed by atoms with Crippen LogP contribution in [0.2, 0.25) is 5.02 Å². The van der Waals surface area contributed by atoms with Gasteiger partial charge in [0, 0.05) is 17.7 Å². The van der Waals surface area contributed by atoms with Gasteiger partial charge in [0.15, 0.2) is 16.3 Å². The summed E-state index contributed by atoms with van der Waals surface area (Å²) in [4.78, 5) is 42.8. The number of furan rings is 1. The number of nitro benzene ring substituents is 1. The van der Waals surface area contributed by atoms with Crippen molar-refractivity contribution in [3.8, 4) is 22.8 Å². The average Bonchev–Trinajstić information content (AvgIpc) is 3.56. The molecule has 5 rings (SSSR count). The number of hydrogen-bond acceptors (Lipinski definition) is 10. The van der Waals surface area contributed by atoms with E-state index in [9.17, 15) is 19.7 Å². The molecule has 0 aliphatic carbocycles. The molecule has 2 aromatic heterocycles. The number of carbonyl (C=O) groups is 1. The third kappa shape index (κ3) is 5.71. The molecule has 1 aliphatic rings. The van der Waals surface area contributed by atoms with E-state index in [2.05, 4.69) is 4.99 Å². The number of esters is 1. The monoisotopic (exact) mass is 623 g/mol. The van der Waals surface area contributed by atoms with Crippen LogP contribution in [0, 0.1) is 10.1 Å². The summed E-state index contributed by atoms with van der Waals surface area (Å²) >= 11 is 7.08. The first-order valence-electron chi connectivity index (χ1n) is 13.2. The third-order valence-corrected chi connectivity index (χ3v) is 7.95. The average molecular weight is 624 g/mol. The van der Waals surface area contributed by atoms with E-state index in [1.165, 1.54) is 23.8 Å². The Bertz CT molecular complexity index is 1960. The number of carbonyl (C=O) groups excluding carboxylic acids is 1. The van der Waals surface area contributed by atoms with Crippen molar-refractivity contribution in [2.24, 2.45) is 4.99 Å². The zero-order valence-corrected chi connectivity index (χ0v) is 25.2. The van der Waals surface area contributed by atoms with Crippen LogP contribution in [-0.2, 0) is 9.53 Å². The van der Waals surface area contributed by atoms with Crippen molar-refractivity contribution in [1.29, 1.82) is 0 Å². The fourth-order valence-corrected chi connectivity index (χ4v) is 5.97. The summed E-state index contributed by atoms with van der Waals surface area (Å²) in [6.45, 7) is 5.79. The summed E-state index contributed by atoms with van der Waals surface area (Å²) in [5.41, 5.74) is 1.09. The number of hydrogen-bond donors (Lipinski definition) is 0. The van der Waals surface area contributed by atoms with Crippen molar-refractivity contribution in [3.05, 3.63) is 106 Å². The van der Waals surface area contributed by atoms with E-state index in [0.717, 1.165) is 11.3 Å². The number of ether oxygens (including phenoxy) is 3. The normalized spacial score (nSPS) is 14.7. The second-order valence-electron chi connectivity index (χ2n) is 9.27. The van der Waals surface area contributed by atoms with E-state index in [1.807, 2.05) is 6.92 Å². The molecule has 0 N–H and O–H groups in total. The molecular formula is C30H26ClN3O8S. The van der Waals surface area contributed by atoms with Gasteiger partial charge in [-0.2, -0.15) is 0 Å². The fraction of sp³-hybridized carbons (Fsp3) is 0.233. The maximum atomic E-state index is 13.9. The van der Waals surface area contributed by atoms with Gasteiger partial charge in [0.25, 0.3) is 11.2 Å². The van der Waals surface area contributed by atoms with E-state index in [-0.39, 0.29) is 22.9 Å². The van der Waals surface area contributed by atoms with Gasteiger partial charge < -0.3 is 18.6 Å². The highest BCUT2D eigenvalue weighted by Crippen LogP contribution is 2.36. The van der Waals surface area contributed by atoms with Crippen LogP contribution < -0.4 is 24.4 Å². The summed E-state index contributed by atoms with van der Waals surface area (Å²) < 4.78 is 24.2. The number of aromatic nitrogens is 1. The van der Waals surface area contributed by atoms with Crippen LogP contribution in [0.25, 0.3) is 17.4 Å². The third-order valence-electron chi connectivity index (χ3n) is 6.65. The van der Waals surface area contributed by atoms with Crippen LogP contribution in [0.15, 0.2) is 74.0 Å². The molecule has 0 saturated carbocycles. The lowest BCUT2D eigenvalue weighted by atomic mass is 9.95. The summed E-state index contributed by atoms with van der Waals surface area (Å²) in [6.07, 6.45) is 1.57. The molecule has 0 spiro atoms. The van der Waals surface area contributed by atoms with Crippen molar-refractivity contribution in [2.45, 2.75) is 26.8 Å². The minimum absolute atomic E-state index is 0.0129. The van der Waals surface area contributed by atoms with Crippen LogP contribution in [0.3, 0.4) is 0 Å². The Morgan fingerprint density at radius 1 is 1.16 bits per heavy atom. The molecule has 1 aliphatic heterocycles. The zero-order chi connectivity index (χ0) is 30.8. The van der Waals surface area contributed by atoms with Crippen molar-refractivity contribution < 1.29 is 28.3 Å². The van der Waals surface area contributed by atoms with E-state index in [1.54, 1.807) is 56.3 Å². The number of benzene rings is 2. The number of fused-ring (bicyclic) bond motifs is 1. The van der Waals surface area contributed by atoms with Gasteiger partial charge in [0.2, 0.25) is 0 Å². The maximum Gasteiger partial charge on any atom is 0.338 e. The van der Waals surface area contributed by atoms with Crippen molar-refractivity contribution in [1.82, 2.24) is 4.57 Å². The SMILES string of the molecule is CCOC(=O)C1=C(C)N=c2s/c(=C\c3ccc(-c4ccc(Cl)c([N+](=O)[O-])c4)o3)c(=O)n2[C@@H]1c1ccc(OC)c(OCC)c1. The standard InChI is InChI=1S/C30H26ClN3O8S/c1-5-40-24-14-18(8-11-23(24)39-4)27-26(29(36)41-6-2)16(3)32-30-33(27)28(35)25(43-30)15-19-9-12-22(42-19)17-7-10-20(31)21(13-17)34(37)38/h7-15,27H,5-6H2,1-4H3/b25-15-/t27-/m1/s1. The predicted octanol–water partition coefficient (Wildman–Crippen LogP) is 5.03. The number of nitro groups is 1. The highest BCUT2D eigenvalue weighted by molar-refractivity contribution is 7.07. The summed E-state index contributed by atoms with van der Waals surface area (Å²) in [5.74, 6) is 1.10. The molecule has 2 aromatic carbocycles. The number of rotatable bonds is 9. The van der Waals surface area contributed by atoms with Crippen LogP contribution in [0.5, 0.6) is 11.5 Å². The van der Waals surface area contributed by atoms with Gasteiger partial charge >= 0.3 is 5.97 Å². The number of nitrogens with zero attached hydrogens (tertiary/aromatic N) is 3. The van der Waals surface area contributed by atoms with E-state index in [0.29, 0.717) is 55.8 Å². The Balaban J connectivity index is 1.63. The molecule has 1 atom stereocenters. The lowest BCUT2D eigenvalue weighted by Crippen LogP contribution is -2.39. The molecule has 0 amide bonds. The Morgan fingerprint density at radius 2 is 1.95 bits per heavy atom. The van der Waals surface area contributed by atoms with Gasteiger partial charge in [-0.15, -0.1) is 0 Å². The maximum absolute atomic E-state index is 13.9. The van der Waals surface area contributed by atoms with E-state index < -0.39 is 22.5 Å². The zero-order valence-electron chi connectivity index (χ0n) is 23.6. The molecule has 0 bridgehead atoms. The number of thiazole rings is 1. The van der Waals surface area contributed by atoms with Gasteiger partial charge in [-0.25, -0.2) is 9.79 Å². The van der Waals surface area contributed by atoms with Crippen LogP contribution >= 0.6 is 22.9 Å². The number of allylic oxidation sites excluding steroid dienone is 1. The molecule has 0 fully saturated rings. The van der Waals surface area contributed by atoms with Crippen molar-refractivity contribution in [2.75, 3.05) is 20.3 Å². The molecule has 0 saturated heterocycles. The predicted molar refractivity (Wildman–Crippen MR) is 160 cm³/mol. The Kier molecular flexibility index (Phi) is 8.51. The second-order valence-corrected chi connectivity index (χ2v) is 10.7. The quantitative estimate of drug-likeness (QED) is 0.144. The topological polar surface area (TPSA) is 135 Å². The van der Waals surface area contributed by atoms with Gasteiger partial charge in [0.05, 0.1) is 47.1 Å². The summed E-state index contributed by atoms with van der Waals surface area (Å²) in [7, 11) is 1.53. The van der Waals surface area contributed by atoms with Crippen molar-refractivity contribution in [3.63, 3.8) is 0 Å². The molecule has 11 nitrogen and oxygen atoms in total.